The van der Waals surface area contributed by atoms with Gasteiger partial charge in [0.25, 0.3) is 5.91 Å². The van der Waals surface area contributed by atoms with E-state index in [0.29, 0.717) is 6.54 Å². The second kappa shape index (κ2) is 8.42. The SMILES string of the molecule is CCN(CC(=O)NC(C)(C)C)C(=O)CNC(=O)c1ccc(F)cc1. The molecule has 0 atom stereocenters. The number of benzene rings is 1. The molecule has 0 saturated heterocycles. The summed E-state index contributed by atoms with van der Waals surface area (Å²) in [5, 5.41) is 5.25. The molecule has 2 N–H and O–H groups in total. The van der Waals surface area contributed by atoms with E-state index < -0.39 is 11.7 Å². The summed E-state index contributed by atoms with van der Waals surface area (Å²) in [7, 11) is 0. The summed E-state index contributed by atoms with van der Waals surface area (Å²) in [5.74, 6) is -1.54. The first-order chi connectivity index (χ1) is 11.1. The zero-order valence-electron chi connectivity index (χ0n) is 14.5. The van der Waals surface area contributed by atoms with Crippen LogP contribution in [0.25, 0.3) is 0 Å². The summed E-state index contributed by atoms with van der Waals surface area (Å²) in [6.07, 6.45) is 0. The first-order valence-electron chi connectivity index (χ1n) is 7.75. The van der Waals surface area contributed by atoms with E-state index in [1.165, 1.54) is 29.2 Å². The van der Waals surface area contributed by atoms with E-state index in [2.05, 4.69) is 10.6 Å². The highest BCUT2D eigenvalue weighted by molar-refractivity contribution is 5.96. The highest BCUT2D eigenvalue weighted by atomic mass is 19.1. The summed E-state index contributed by atoms with van der Waals surface area (Å²) in [4.78, 5) is 37.3. The number of amides is 3. The maximum Gasteiger partial charge on any atom is 0.251 e. The third-order valence-electron chi connectivity index (χ3n) is 3.09. The van der Waals surface area contributed by atoms with Crippen molar-refractivity contribution in [2.45, 2.75) is 33.2 Å². The second-order valence-electron chi connectivity index (χ2n) is 6.40. The van der Waals surface area contributed by atoms with Gasteiger partial charge in [0.15, 0.2) is 0 Å². The number of carbonyl (C=O) groups is 3. The van der Waals surface area contributed by atoms with Crippen LogP contribution in [0.1, 0.15) is 38.1 Å². The number of nitrogens with zero attached hydrogens (tertiary/aromatic N) is 1. The van der Waals surface area contributed by atoms with Crippen molar-refractivity contribution in [2.24, 2.45) is 0 Å². The van der Waals surface area contributed by atoms with Crippen molar-refractivity contribution in [1.29, 1.82) is 0 Å². The van der Waals surface area contributed by atoms with E-state index >= 15 is 0 Å². The average Bonchev–Trinajstić information content (AvgIpc) is 2.48. The summed E-state index contributed by atoms with van der Waals surface area (Å²) in [6, 6.07) is 5.02. The maximum atomic E-state index is 12.8. The molecular weight excluding hydrogens is 313 g/mol. The summed E-state index contributed by atoms with van der Waals surface area (Å²) < 4.78 is 12.8. The Morgan fingerprint density at radius 3 is 2.21 bits per heavy atom. The van der Waals surface area contributed by atoms with Crippen LogP contribution >= 0.6 is 0 Å². The normalized spacial score (nSPS) is 10.9. The van der Waals surface area contributed by atoms with Gasteiger partial charge in [-0.3, -0.25) is 14.4 Å². The molecule has 0 aromatic heterocycles. The van der Waals surface area contributed by atoms with E-state index in [1.807, 2.05) is 20.8 Å². The van der Waals surface area contributed by atoms with Gasteiger partial charge in [-0.2, -0.15) is 0 Å². The number of hydrogen-bond acceptors (Lipinski definition) is 3. The molecule has 0 heterocycles. The van der Waals surface area contributed by atoms with E-state index in [9.17, 15) is 18.8 Å². The lowest BCUT2D eigenvalue weighted by Crippen LogP contribution is -2.49. The van der Waals surface area contributed by atoms with Crippen molar-refractivity contribution in [3.05, 3.63) is 35.6 Å². The zero-order valence-corrected chi connectivity index (χ0v) is 14.5. The van der Waals surface area contributed by atoms with Crippen LogP contribution in [0.2, 0.25) is 0 Å². The van der Waals surface area contributed by atoms with Crippen LogP contribution in [-0.4, -0.2) is 47.8 Å². The molecule has 0 saturated carbocycles. The van der Waals surface area contributed by atoms with Crippen molar-refractivity contribution >= 4 is 17.7 Å². The van der Waals surface area contributed by atoms with Gasteiger partial charge in [-0.15, -0.1) is 0 Å². The third-order valence-corrected chi connectivity index (χ3v) is 3.09. The van der Waals surface area contributed by atoms with Gasteiger partial charge in [-0.05, 0) is 52.0 Å². The van der Waals surface area contributed by atoms with Crippen LogP contribution in [0.3, 0.4) is 0 Å². The van der Waals surface area contributed by atoms with Gasteiger partial charge in [-0.25, -0.2) is 4.39 Å². The van der Waals surface area contributed by atoms with Gasteiger partial charge >= 0.3 is 0 Å². The Balaban J connectivity index is 2.53. The highest BCUT2D eigenvalue weighted by Crippen LogP contribution is 2.02. The largest absolute Gasteiger partial charge is 0.350 e. The van der Waals surface area contributed by atoms with Gasteiger partial charge < -0.3 is 15.5 Å². The highest BCUT2D eigenvalue weighted by Gasteiger charge is 2.19. The predicted molar refractivity (Wildman–Crippen MR) is 88.9 cm³/mol. The Bertz CT molecular complexity index is 594. The Kier molecular flexibility index (Phi) is 6.88. The molecule has 7 heteroatoms. The molecule has 0 spiro atoms. The van der Waals surface area contributed by atoms with Crippen LogP contribution in [0.5, 0.6) is 0 Å². The van der Waals surface area contributed by atoms with Crippen LogP contribution in [0.15, 0.2) is 24.3 Å². The molecule has 0 aliphatic carbocycles. The van der Waals surface area contributed by atoms with Crippen LogP contribution in [-0.2, 0) is 9.59 Å². The van der Waals surface area contributed by atoms with Crippen LogP contribution < -0.4 is 10.6 Å². The molecule has 0 aliphatic rings. The van der Waals surface area contributed by atoms with Crippen LogP contribution in [0.4, 0.5) is 4.39 Å². The molecule has 3 amide bonds. The van der Waals surface area contributed by atoms with E-state index in [4.69, 9.17) is 0 Å². The molecule has 132 valence electrons. The topological polar surface area (TPSA) is 78.5 Å². The Morgan fingerprint density at radius 1 is 1.12 bits per heavy atom. The minimum absolute atomic E-state index is 0.0704. The molecular formula is C17H24FN3O3. The summed E-state index contributed by atoms with van der Waals surface area (Å²) in [6.45, 7) is 7.36. The number of carbonyl (C=O) groups excluding carboxylic acids is 3. The van der Waals surface area contributed by atoms with Crippen LogP contribution in [0, 0.1) is 5.82 Å². The fraction of sp³-hybridized carbons (Fsp3) is 0.471. The van der Waals surface area contributed by atoms with Gasteiger partial charge in [0, 0.05) is 17.6 Å². The Hall–Kier alpha value is -2.44. The van der Waals surface area contributed by atoms with Crippen molar-refractivity contribution in [3.63, 3.8) is 0 Å². The number of rotatable bonds is 6. The fourth-order valence-corrected chi connectivity index (χ4v) is 1.98. The zero-order chi connectivity index (χ0) is 18.3. The standard InChI is InChI=1S/C17H24FN3O3/c1-5-21(11-14(22)20-17(2,3)4)15(23)10-19-16(24)12-6-8-13(18)9-7-12/h6-9H,5,10-11H2,1-4H3,(H,19,24)(H,20,22). The molecule has 24 heavy (non-hydrogen) atoms. The molecule has 6 nitrogen and oxygen atoms in total. The van der Waals surface area contributed by atoms with Crippen molar-refractivity contribution in [3.8, 4) is 0 Å². The molecule has 0 fully saturated rings. The van der Waals surface area contributed by atoms with Gasteiger partial charge in [0.2, 0.25) is 11.8 Å². The van der Waals surface area contributed by atoms with E-state index in [0.717, 1.165) is 0 Å². The number of halogens is 1. The molecule has 1 rings (SSSR count). The second-order valence-corrected chi connectivity index (χ2v) is 6.40. The molecule has 0 unspecified atom stereocenters. The molecule has 1 aromatic carbocycles. The lowest BCUT2D eigenvalue weighted by Gasteiger charge is -2.25. The number of hydrogen-bond donors (Lipinski definition) is 2. The molecule has 0 aliphatic heterocycles. The lowest BCUT2D eigenvalue weighted by atomic mass is 10.1. The molecule has 0 radical (unpaired) electrons. The van der Waals surface area contributed by atoms with Crippen molar-refractivity contribution in [1.82, 2.24) is 15.5 Å². The van der Waals surface area contributed by atoms with Gasteiger partial charge in [0.1, 0.15) is 5.82 Å². The molecule has 1 aromatic rings. The first-order valence-corrected chi connectivity index (χ1v) is 7.75. The van der Waals surface area contributed by atoms with Crippen molar-refractivity contribution < 1.29 is 18.8 Å². The number of nitrogens with one attached hydrogen (secondary N) is 2. The monoisotopic (exact) mass is 337 g/mol. The fourth-order valence-electron chi connectivity index (χ4n) is 1.98. The predicted octanol–water partition coefficient (Wildman–Crippen LogP) is 1.32. The minimum atomic E-state index is -0.474. The van der Waals surface area contributed by atoms with E-state index in [1.54, 1.807) is 6.92 Å². The average molecular weight is 337 g/mol. The molecule has 0 bridgehead atoms. The maximum absolute atomic E-state index is 12.8. The third kappa shape index (κ3) is 6.76. The Labute approximate surface area is 141 Å². The van der Waals surface area contributed by atoms with E-state index in [-0.39, 0.29) is 36.0 Å². The Morgan fingerprint density at radius 2 is 1.71 bits per heavy atom. The smallest absolute Gasteiger partial charge is 0.251 e. The minimum Gasteiger partial charge on any atom is -0.350 e. The van der Waals surface area contributed by atoms with Gasteiger partial charge in [0.05, 0.1) is 13.1 Å². The summed E-state index contributed by atoms with van der Waals surface area (Å²) in [5.41, 5.74) is -0.117. The van der Waals surface area contributed by atoms with Gasteiger partial charge in [-0.1, -0.05) is 0 Å². The number of likely N-dealkylation sites (N-methyl/N-ethyl adjacent to an activating group) is 1. The first kappa shape index (κ1) is 19.6. The quantitative estimate of drug-likeness (QED) is 0.822. The van der Waals surface area contributed by atoms with Crippen molar-refractivity contribution in [2.75, 3.05) is 19.6 Å². The summed E-state index contributed by atoms with van der Waals surface area (Å²) >= 11 is 0. The lowest BCUT2D eigenvalue weighted by molar-refractivity contribution is -0.135.